The van der Waals surface area contributed by atoms with Crippen LogP contribution >= 0.6 is 0 Å². The number of rotatable bonds is 9. The monoisotopic (exact) mass is 434 g/mol. The Morgan fingerprint density at radius 3 is 2.22 bits per heavy atom. The SMILES string of the molecule is COc1cc(NC(=O)CN(C2CC2)C(C)c2ccc3ccccc3c2)cc(OC)c1OC. The largest absolute Gasteiger partial charge is 0.493 e. The number of hydrogen-bond acceptors (Lipinski definition) is 5. The van der Waals surface area contributed by atoms with Crippen molar-refractivity contribution < 1.29 is 19.0 Å². The maximum atomic E-state index is 13.0. The van der Waals surface area contributed by atoms with Crippen molar-refractivity contribution in [1.29, 1.82) is 0 Å². The van der Waals surface area contributed by atoms with Crippen LogP contribution in [0.2, 0.25) is 0 Å². The zero-order valence-electron chi connectivity index (χ0n) is 19.1. The summed E-state index contributed by atoms with van der Waals surface area (Å²) in [7, 11) is 4.67. The van der Waals surface area contributed by atoms with Gasteiger partial charge in [-0.05, 0) is 42.2 Å². The summed E-state index contributed by atoms with van der Waals surface area (Å²) in [5.41, 5.74) is 1.83. The first-order valence-electron chi connectivity index (χ1n) is 10.9. The third-order valence-corrected chi connectivity index (χ3v) is 6.04. The summed E-state index contributed by atoms with van der Waals surface area (Å²) >= 11 is 0. The number of amides is 1. The zero-order chi connectivity index (χ0) is 22.7. The Morgan fingerprint density at radius 1 is 0.969 bits per heavy atom. The second-order valence-electron chi connectivity index (χ2n) is 8.15. The molecule has 1 atom stereocenters. The number of carbonyl (C=O) groups is 1. The number of ether oxygens (including phenoxy) is 3. The molecular weight excluding hydrogens is 404 g/mol. The van der Waals surface area contributed by atoms with Crippen molar-refractivity contribution in [2.24, 2.45) is 0 Å². The molecule has 0 bridgehead atoms. The van der Waals surface area contributed by atoms with Crippen LogP contribution in [-0.4, -0.2) is 44.7 Å². The van der Waals surface area contributed by atoms with E-state index in [0.29, 0.717) is 35.5 Å². The smallest absolute Gasteiger partial charge is 0.238 e. The highest BCUT2D eigenvalue weighted by Crippen LogP contribution is 2.40. The summed E-state index contributed by atoms with van der Waals surface area (Å²) in [4.78, 5) is 15.3. The average Bonchev–Trinajstić information content (AvgIpc) is 3.66. The topological polar surface area (TPSA) is 60.0 Å². The van der Waals surface area contributed by atoms with Crippen LogP contribution in [0.15, 0.2) is 54.6 Å². The summed E-state index contributed by atoms with van der Waals surface area (Å²) in [5, 5.41) is 5.44. The second-order valence-corrected chi connectivity index (χ2v) is 8.15. The lowest BCUT2D eigenvalue weighted by atomic mass is 10.0. The molecule has 6 heteroatoms. The van der Waals surface area contributed by atoms with Crippen LogP contribution in [0.1, 0.15) is 31.4 Å². The fourth-order valence-electron chi connectivity index (χ4n) is 4.17. The van der Waals surface area contributed by atoms with Crippen LogP contribution in [-0.2, 0) is 4.79 Å². The van der Waals surface area contributed by atoms with Gasteiger partial charge in [0, 0.05) is 29.9 Å². The van der Waals surface area contributed by atoms with E-state index in [-0.39, 0.29) is 11.9 Å². The molecule has 0 aliphatic heterocycles. The van der Waals surface area contributed by atoms with Crippen LogP contribution in [0, 0.1) is 0 Å². The molecule has 0 spiro atoms. The number of fused-ring (bicyclic) bond motifs is 1. The third-order valence-electron chi connectivity index (χ3n) is 6.04. The Bertz CT molecular complexity index is 1080. The van der Waals surface area contributed by atoms with E-state index in [9.17, 15) is 4.79 Å². The normalized spacial score (nSPS) is 14.3. The van der Waals surface area contributed by atoms with Gasteiger partial charge in [-0.3, -0.25) is 9.69 Å². The van der Waals surface area contributed by atoms with E-state index in [1.807, 2.05) is 0 Å². The van der Waals surface area contributed by atoms with Crippen LogP contribution < -0.4 is 19.5 Å². The summed E-state index contributed by atoms with van der Waals surface area (Å²) in [5.74, 6) is 1.44. The predicted molar refractivity (Wildman–Crippen MR) is 127 cm³/mol. The van der Waals surface area contributed by atoms with Crippen molar-refractivity contribution in [2.75, 3.05) is 33.2 Å². The maximum absolute atomic E-state index is 13.0. The van der Waals surface area contributed by atoms with Crippen molar-refractivity contribution >= 4 is 22.4 Å². The van der Waals surface area contributed by atoms with E-state index in [1.54, 1.807) is 33.5 Å². The van der Waals surface area contributed by atoms with Crippen LogP contribution in [0.4, 0.5) is 5.69 Å². The van der Waals surface area contributed by atoms with Gasteiger partial charge < -0.3 is 19.5 Å². The molecule has 1 saturated carbocycles. The lowest BCUT2D eigenvalue weighted by Gasteiger charge is -2.29. The fourth-order valence-corrected chi connectivity index (χ4v) is 4.17. The van der Waals surface area contributed by atoms with Gasteiger partial charge in [-0.1, -0.05) is 36.4 Å². The van der Waals surface area contributed by atoms with Crippen molar-refractivity contribution in [3.8, 4) is 17.2 Å². The minimum Gasteiger partial charge on any atom is -0.493 e. The minimum absolute atomic E-state index is 0.0705. The van der Waals surface area contributed by atoms with E-state index in [2.05, 4.69) is 59.6 Å². The van der Waals surface area contributed by atoms with Crippen LogP contribution in [0.5, 0.6) is 17.2 Å². The van der Waals surface area contributed by atoms with Crippen molar-refractivity contribution in [3.63, 3.8) is 0 Å². The number of hydrogen-bond donors (Lipinski definition) is 1. The standard InChI is InChI=1S/C26H30N2O4/c1-17(19-10-9-18-7-5-6-8-20(18)13-19)28(22-11-12-22)16-25(29)27-21-14-23(30-2)26(32-4)24(15-21)31-3/h5-10,13-15,17,22H,11-12,16H2,1-4H3,(H,27,29). The van der Waals surface area contributed by atoms with E-state index in [1.165, 1.54) is 16.3 Å². The molecule has 1 aliphatic carbocycles. The summed E-state index contributed by atoms with van der Waals surface area (Å²) < 4.78 is 16.2. The zero-order valence-corrected chi connectivity index (χ0v) is 19.1. The molecule has 3 aromatic carbocycles. The Morgan fingerprint density at radius 2 is 1.62 bits per heavy atom. The number of anilines is 1. The predicted octanol–water partition coefficient (Wildman–Crippen LogP) is 5.03. The fraction of sp³-hybridized carbons (Fsp3) is 0.346. The summed E-state index contributed by atoms with van der Waals surface area (Å²) in [6.07, 6.45) is 2.24. The molecule has 0 radical (unpaired) electrons. The molecule has 3 aromatic rings. The Hall–Kier alpha value is -3.25. The van der Waals surface area contributed by atoms with Gasteiger partial charge in [0.05, 0.1) is 27.9 Å². The number of carbonyl (C=O) groups excluding carboxylic acids is 1. The molecule has 0 aromatic heterocycles. The first-order valence-corrected chi connectivity index (χ1v) is 10.9. The molecular formula is C26H30N2O4. The molecule has 1 unspecified atom stereocenters. The lowest BCUT2D eigenvalue weighted by molar-refractivity contribution is -0.118. The molecule has 32 heavy (non-hydrogen) atoms. The van der Waals surface area contributed by atoms with Crippen LogP contribution in [0.25, 0.3) is 10.8 Å². The van der Waals surface area contributed by atoms with Gasteiger partial charge in [0.25, 0.3) is 0 Å². The van der Waals surface area contributed by atoms with Crippen molar-refractivity contribution in [3.05, 3.63) is 60.2 Å². The molecule has 6 nitrogen and oxygen atoms in total. The first-order chi connectivity index (χ1) is 15.5. The van der Waals surface area contributed by atoms with Gasteiger partial charge in [-0.15, -0.1) is 0 Å². The summed E-state index contributed by atoms with van der Waals surface area (Å²) in [6, 6.07) is 19.0. The number of methoxy groups -OCH3 is 3. The van der Waals surface area contributed by atoms with Gasteiger partial charge in [-0.25, -0.2) is 0 Å². The molecule has 168 valence electrons. The first kappa shape index (κ1) is 22.0. The van der Waals surface area contributed by atoms with E-state index in [0.717, 1.165) is 12.8 Å². The summed E-state index contributed by atoms with van der Waals surface area (Å²) in [6.45, 7) is 2.49. The van der Waals surface area contributed by atoms with E-state index >= 15 is 0 Å². The van der Waals surface area contributed by atoms with E-state index in [4.69, 9.17) is 14.2 Å². The molecule has 0 heterocycles. The number of nitrogens with zero attached hydrogens (tertiary/aromatic N) is 1. The minimum atomic E-state index is -0.0705. The maximum Gasteiger partial charge on any atom is 0.238 e. The van der Waals surface area contributed by atoms with Crippen molar-refractivity contribution in [2.45, 2.75) is 31.8 Å². The number of nitrogens with one attached hydrogen (secondary N) is 1. The molecule has 1 amide bonds. The molecule has 1 aliphatic rings. The molecule has 0 saturated heterocycles. The van der Waals surface area contributed by atoms with Crippen molar-refractivity contribution in [1.82, 2.24) is 4.90 Å². The Balaban J connectivity index is 1.51. The second kappa shape index (κ2) is 9.49. The average molecular weight is 435 g/mol. The highest BCUT2D eigenvalue weighted by atomic mass is 16.5. The lowest BCUT2D eigenvalue weighted by Crippen LogP contribution is -2.36. The van der Waals surface area contributed by atoms with Gasteiger partial charge in [0.15, 0.2) is 11.5 Å². The Kier molecular flexibility index (Phi) is 6.51. The van der Waals surface area contributed by atoms with Crippen LogP contribution in [0.3, 0.4) is 0 Å². The quantitative estimate of drug-likeness (QED) is 0.512. The van der Waals surface area contributed by atoms with E-state index < -0.39 is 0 Å². The molecule has 4 rings (SSSR count). The highest BCUT2D eigenvalue weighted by Gasteiger charge is 2.34. The number of benzene rings is 3. The van der Waals surface area contributed by atoms with Gasteiger partial charge >= 0.3 is 0 Å². The molecule has 1 fully saturated rings. The van der Waals surface area contributed by atoms with Gasteiger partial charge in [-0.2, -0.15) is 0 Å². The highest BCUT2D eigenvalue weighted by molar-refractivity contribution is 5.93. The Labute approximate surface area is 189 Å². The molecule has 1 N–H and O–H groups in total. The third kappa shape index (κ3) is 4.65. The van der Waals surface area contributed by atoms with Gasteiger partial charge in [0.1, 0.15) is 0 Å². The van der Waals surface area contributed by atoms with Gasteiger partial charge in [0.2, 0.25) is 11.7 Å².